The first kappa shape index (κ1) is 21.5. The summed E-state index contributed by atoms with van der Waals surface area (Å²) in [4.78, 5) is 30.2. The first-order valence-corrected chi connectivity index (χ1v) is 11.3. The van der Waals surface area contributed by atoms with E-state index in [4.69, 9.17) is 5.73 Å². The second-order valence-electron chi connectivity index (χ2n) is 8.81. The van der Waals surface area contributed by atoms with E-state index in [0.717, 1.165) is 56.6 Å². The molecule has 0 aromatic carbocycles. The third-order valence-electron chi connectivity index (χ3n) is 6.53. The zero-order chi connectivity index (χ0) is 21.8. The largest absolute Gasteiger partial charge is 0.368 e. The van der Waals surface area contributed by atoms with Crippen LogP contribution >= 0.6 is 0 Å². The van der Waals surface area contributed by atoms with Gasteiger partial charge in [0.2, 0.25) is 5.95 Å². The van der Waals surface area contributed by atoms with Crippen molar-refractivity contribution in [2.24, 2.45) is 5.92 Å². The first-order valence-electron chi connectivity index (χ1n) is 11.3. The Morgan fingerprint density at radius 3 is 2.97 bits per heavy atom. The third kappa shape index (κ3) is 5.12. The molecule has 2 aromatic rings. The molecule has 166 valence electrons. The molecule has 2 aromatic heterocycles. The average Bonchev–Trinajstić information content (AvgIpc) is 2.77. The van der Waals surface area contributed by atoms with E-state index in [1.165, 1.54) is 5.56 Å². The van der Waals surface area contributed by atoms with Crippen LogP contribution in [-0.2, 0) is 19.3 Å². The Hall–Kier alpha value is -2.74. The number of urea groups is 1. The molecule has 1 aliphatic heterocycles. The monoisotopic (exact) mass is 423 g/mol. The van der Waals surface area contributed by atoms with Crippen molar-refractivity contribution in [3.63, 3.8) is 0 Å². The molecule has 3 atom stereocenters. The highest BCUT2D eigenvalue weighted by Crippen LogP contribution is 2.34. The van der Waals surface area contributed by atoms with E-state index in [1.54, 1.807) is 11.1 Å². The number of anilines is 1. The van der Waals surface area contributed by atoms with Crippen molar-refractivity contribution in [1.82, 2.24) is 30.1 Å². The van der Waals surface area contributed by atoms with Crippen LogP contribution in [0.2, 0.25) is 0 Å². The van der Waals surface area contributed by atoms with Crippen molar-refractivity contribution < 1.29 is 4.79 Å². The van der Waals surface area contributed by atoms with Crippen LogP contribution in [0.4, 0.5) is 10.7 Å². The number of piperidine rings is 1. The van der Waals surface area contributed by atoms with Crippen molar-refractivity contribution in [1.29, 1.82) is 0 Å². The molecule has 1 aliphatic carbocycles. The third-order valence-corrected chi connectivity index (χ3v) is 6.53. The summed E-state index contributed by atoms with van der Waals surface area (Å²) in [5.41, 5.74) is 9.11. The van der Waals surface area contributed by atoms with E-state index in [0.29, 0.717) is 24.5 Å². The number of fused-ring (bicyclic) bond motifs is 2. The normalized spacial score (nSPS) is 23.0. The number of nitrogens with zero attached hydrogens (tertiary/aromatic N) is 5. The summed E-state index contributed by atoms with van der Waals surface area (Å²) >= 11 is 0. The molecule has 0 radical (unpaired) electrons. The van der Waals surface area contributed by atoms with Crippen LogP contribution in [0.1, 0.15) is 36.7 Å². The van der Waals surface area contributed by atoms with Gasteiger partial charge in [-0.05, 0) is 55.8 Å². The van der Waals surface area contributed by atoms with Crippen molar-refractivity contribution in [2.75, 3.05) is 32.4 Å². The fraction of sp³-hybridized carbons (Fsp3) is 0.565. The number of aromatic nitrogens is 3. The molecule has 0 unspecified atom stereocenters. The maximum absolute atomic E-state index is 12.8. The van der Waals surface area contributed by atoms with Gasteiger partial charge in [0.15, 0.2) is 0 Å². The Kier molecular flexibility index (Phi) is 6.65. The van der Waals surface area contributed by atoms with Crippen LogP contribution < -0.4 is 11.1 Å². The molecule has 3 heterocycles. The van der Waals surface area contributed by atoms with Gasteiger partial charge in [-0.3, -0.25) is 9.88 Å². The topological polar surface area (TPSA) is 100 Å². The second kappa shape index (κ2) is 9.60. The molecule has 0 bridgehead atoms. The van der Waals surface area contributed by atoms with E-state index >= 15 is 0 Å². The minimum atomic E-state index is -0.0152. The maximum atomic E-state index is 12.8. The van der Waals surface area contributed by atoms with E-state index in [1.807, 2.05) is 31.4 Å². The predicted octanol–water partition coefficient (Wildman–Crippen LogP) is 1.91. The van der Waals surface area contributed by atoms with Crippen LogP contribution in [0.5, 0.6) is 0 Å². The number of nitrogens with two attached hydrogens (primary N) is 1. The molecule has 0 saturated carbocycles. The van der Waals surface area contributed by atoms with Gasteiger partial charge in [-0.15, -0.1) is 0 Å². The zero-order valence-electron chi connectivity index (χ0n) is 18.5. The van der Waals surface area contributed by atoms with Crippen molar-refractivity contribution >= 4 is 12.0 Å². The Bertz CT molecular complexity index is 891. The summed E-state index contributed by atoms with van der Waals surface area (Å²) < 4.78 is 0. The lowest BCUT2D eigenvalue weighted by atomic mass is 9.76. The molecule has 31 heavy (non-hydrogen) atoms. The lowest BCUT2D eigenvalue weighted by Crippen LogP contribution is -2.59. The Balaban J connectivity index is 1.38. The lowest BCUT2D eigenvalue weighted by molar-refractivity contribution is 0.0629. The van der Waals surface area contributed by atoms with Crippen LogP contribution in [0.15, 0.2) is 30.6 Å². The van der Waals surface area contributed by atoms with Crippen LogP contribution in [-0.4, -0.2) is 69.5 Å². The highest BCUT2D eigenvalue weighted by atomic mass is 16.2. The lowest BCUT2D eigenvalue weighted by Gasteiger charge is -2.47. The molecular formula is C23H33N7O. The van der Waals surface area contributed by atoms with Crippen molar-refractivity contribution in [3.05, 3.63) is 47.5 Å². The highest BCUT2D eigenvalue weighted by Gasteiger charge is 2.40. The average molecular weight is 424 g/mol. The number of likely N-dealkylation sites (N-methyl/N-ethyl adjacent to an activating group) is 1. The molecular weight excluding hydrogens is 390 g/mol. The van der Waals surface area contributed by atoms with Gasteiger partial charge in [0.05, 0.1) is 0 Å². The van der Waals surface area contributed by atoms with Gasteiger partial charge in [-0.1, -0.05) is 13.0 Å². The number of rotatable bonds is 6. The van der Waals surface area contributed by atoms with Crippen molar-refractivity contribution in [3.8, 4) is 0 Å². The van der Waals surface area contributed by atoms with Gasteiger partial charge in [0.1, 0.15) is 0 Å². The fourth-order valence-corrected chi connectivity index (χ4v) is 4.97. The van der Waals surface area contributed by atoms with Crippen LogP contribution in [0, 0.1) is 5.92 Å². The number of hydrogen-bond acceptors (Lipinski definition) is 6. The summed E-state index contributed by atoms with van der Waals surface area (Å²) in [5.74, 6) is 0.809. The van der Waals surface area contributed by atoms with E-state index in [-0.39, 0.29) is 12.1 Å². The van der Waals surface area contributed by atoms with Gasteiger partial charge in [-0.2, -0.15) is 0 Å². The Morgan fingerprint density at radius 1 is 1.32 bits per heavy atom. The molecule has 1 fully saturated rings. The number of nitrogen functional groups attached to an aromatic ring is 1. The molecule has 8 heteroatoms. The summed E-state index contributed by atoms with van der Waals surface area (Å²) in [6.07, 6.45) is 8.35. The molecule has 8 nitrogen and oxygen atoms in total. The molecule has 0 spiro atoms. The van der Waals surface area contributed by atoms with Gasteiger partial charge >= 0.3 is 6.03 Å². The quantitative estimate of drug-likeness (QED) is 0.736. The molecule has 2 amide bonds. The maximum Gasteiger partial charge on any atom is 0.317 e. The number of carbonyl (C=O) groups is 1. The summed E-state index contributed by atoms with van der Waals surface area (Å²) in [6.45, 7) is 4.78. The van der Waals surface area contributed by atoms with Crippen LogP contribution in [0.25, 0.3) is 0 Å². The minimum absolute atomic E-state index is 0.0152. The molecule has 2 aliphatic rings. The van der Waals surface area contributed by atoms with Gasteiger partial charge in [0.25, 0.3) is 0 Å². The zero-order valence-corrected chi connectivity index (χ0v) is 18.5. The van der Waals surface area contributed by atoms with E-state index in [2.05, 4.69) is 32.1 Å². The number of carbonyl (C=O) groups excluding carboxylic acids is 1. The standard InChI is InChI=1S/C23H33N7O/c1-3-9-30-15-19(27-23(31)29(2)10-7-18-6-4-5-8-25-18)11-16-12-20-17(13-21(16)30)14-26-22(24)28-20/h4-6,8,14,16,19,21H,3,7,9-13,15H2,1-2H3,(H,27,31)(H2,24,26,28)/t16-,19+,21-/m1/s1. The number of likely N-dealkylation sites (tertiary alicyclic amines) is 1. The second-order valence-corrected chi connectivity index (χ2v) is 8.81. The summed E-state index contributed by atoms with van der Waals surface area (Å²) in [7, 11) is 1.85. The number of amides is 2. The van der Waals surface area contributed by atoms with E-state index in [9.17, 15) is 4.79 Å². The van der Waals surface area contributed by atoms with Crippen molar-refractivity contribution in [2.45, 2.75) is 51.1 Å². The first-order chi connectivity index (χ1) is 15.0. The Morgan fingerprint density at radius 2 is 2.19 bits per heavy atom. The number of pyridine rings is 1. The summed E-state index contributed by atoms with van der Waals surface area (Å²) in [6, 6.07) is 6.48. The van der Waals surface area contributed by atoms with Gasteiger partial charge in [-0.25, -0.2) is 14.8 Å². The van der Waals surface area contributed by atoms with Crippen LogP contribution in [0.3, 0.4) is 0 Å². The predicted molar refractivity (Wildman–Crippen MR) is 121 cm³/mol. The highest BCUT2D eigenvalue weighted by molar-refractivity contribution is 5.74. The van der Waals surface area contributed by atoms with E-state index < -0.39 is 0 Å². The molecule has 3 N–H and O–H groups in total. The van der Waals surface area contributed by atoms with Gasteiger partial charge < -0.3 is 16.0 Å². The minimum Gasteiger partial charge on any atom is -0.368 e. The number of hydrogen-bond donors (Lipinski definition) is 2. The number of nitrogens with one attached hydrogen (secondary N) is 1. The fourth-order valence-electron chi connectivity index (χ4n) is 4.97. The smallest absolute Gasteiger partial charge is 0.317 e. The molecule has 1 saturated heterocycles. The Labute approximate surface area is 184 Å². The summed E-state index contributed by atoms with van der Waals surface area (Å²) in [5, 5.41) is 3.28. The van der Waals surface area contributed by atoms with Gasteiger partial charge in [0, 0.05) is 62.4 Å². The molecule has 4 rings (SSSR count). The SMILES string of the molecule is CCCN1C[C@@H](NC(=O)N(C)CCc2ccccn2)C[C@@H]2Cc3nc(N)ncc3C[C@H]21.